The topological polar surface area (TPSA) is 307 Å². The van der Waals surface area contributed by atoms with Crippen molar-refractivity contribution in [2.24, 2.45) is 0 Å². The number of amides is 1. The van der Waals surface area contributed by atoms with Gasteiger partial charge in [0.1, 0.15) is 73.2 Å². The van der Waals surface area contributed by atoms with E-state index in [4.69, 9.17) is 28.4 Å². The molecular formula is C64H113NO18. The first-order chi connectivity index (χ1) is 40.3. The molecule has 3 rings (SSSR count). The fourth-order valence-corrected chi connectivity index (χ4v) is 10.6. The summed E-state index contributed by atoms with van der Waals surface area (Å²) >= 11 is 0. The van der Waals surface area contributed by atoms with Crippen molar-refractivity contribution in [3.8, 4) is 0 Å². The smallest absolute Gasteiger partial charge is 0.220 e. The van der Waals surface area contributed by atoms with E-state index in [0.29, 0.717) is 12.8 Å². The van der Waals surface area contributed by atoms with Crippen LogP contribution in [-0.4, -0.2) is 193 Å². The zero-order valence-electron chi connectivity index (χ0n) is 50.4. The van der Waals surface area contributed by atoms with Crippen LogP contribution in [-0.2, 0) is 33.2 Å². The zero-order valence-corrected chi connectivity index (χ0v) is 50.4. The molecule has 0 spiro atoms. The third kappa shape index (κ3) is 29.8. The number of aliphatic hydroxyl groups excluding tert-OH is 11. The van der Waals surface area contributed by atoms with Gasteiger partial charge in [0.2, 0.25) is 5.91 Å². The highest BCUT2D eigenvalue weighted by Gasteiger charge is 2.53. The lowest BCUT2D eigenvalue weighted by atomic mass is 9.96. The molecule has 0 aromatic heterocycles. The molecule has 3 aliphatic heterocycles. The number of hydrogen-bond donors (Lipinski definition) is 12. The summed E-state index contributed by atoms with van der Waals surface area (Å²) in [6, 6.07) is -0.908. The Labute approximate surface area is 496 Å². The van der Waals surface area contributed by atoms with Crippen molar-refractivity contribution in [2.45, 2.75) is 311 Å². The molecule has 17 unspecified atom stereocenters. The van der Waals surface area contributed by atoms with Crippen LogP contribution in [0, 0.1) is 0 Å². The van der Waals surface area contributed by atoms with Crippen molar-refractivity contribution in [3.63, 3.8) is 0 Å². The molecule has 83 heavy (non-hydrogen) atoms. The molecule has 0 saturated carbocycles. The van der Waals surface area contributed by atoms with E-state index in [0.717, 1.165) is 77.0 Å². The molecule has 12 N–H and O–H groups in total. The highest BCUT2D eigenvalue weighted by atomic mass is 16.8. The number of unbranched alkanes of at least 4 members (excludes halogenated alkanes) is 21. The summed E-state index contributed by atoms with van der Waals surface area (Å²) < 4.78 is 34.3. The average Bonchev–Trinajstić information content (AvgIpc) is 3.43. The molecule has 3 saturated heterocycles. The molecule has 482 valence electrons. The van der Waals surface area contributed by atoms with Crippen LogP contribution in [0.15, 0.2) is 60.8 Å². The fraction of sp³-hybridized carbons (Fsp3) is 0.828. The minimum atomic E-state index is -1.98. The van der Waals surface area contributed by atoms with Crippen molar-refractivity contribution in [1.29, 1.82) is 0 Å². The first-order valence-corrected chi connectivity index (χ1v) is 32.0. The normalized spacial score (nSPS) is 29.8. The molecule has 19 nitrogen and oxygen atoms in total. The van der Waals surface area contributed by atoms with Gasteiger partial charge in [0.05, 0.1) is 38.6 Å². The van der Waals surface area contributed by atoms with Crippen LogP contribution in [0.4, 0.5) is 0 Å². The summed E-state index contributed by atoms with van der Waals surface area (Å²) in [6.45, 7) is 1.65. The number of hydrogen-bond acceptors (Lipinski definition) is 18. The first-order valence-electron chi connectivity index (χ1n) is 32.0. The first kappa shape index (κ1) is 74.7. The molecule has 19 heteroatoms. The Bertz CT molecular complexity index is 1750. The second kappa shape index (κ2) is 46.6. The van der Waals surface area contributed by atoms with Crippen LogP contribution >= 0.6 is 0 Å². The Hall–Kier alpha value is -2.51. The number of rotatable bonds is 47. The summed E-state index contributed by atoms with van der Waals surface area (Å²) in [5.41, 5.74) is 0. The maximum Gasteiger partial charge on any atom is 0.220 e. The predicted octanol–water partition coefficient (Wildman–Crippen LogP) is 6.82. The molecule has 3 aliphatic rings. The second-order valence-electron chi connectivity index (χ2n) is 22.8. The van der Waals surface area contributed by atoms with Gasteiger partial charge in [-0.25, -0.2) is 0 Å². The van der Waals surface area contributed by atoms with E-state index in [1.165, 1.54) is 96.3 Å². The summed E-state index contributed by atoms with van der Waals surface area (Å²) in [5.74, 6) is -0.275. The van der Waals surface area contributed by atoms with Crippen LogP contribution in [0.1, 0.15) is 206 Å². The van der Waals surface area contributed by atoms with Crippen molar-refractivity contribution >= 4 is 5.91 Å². The van der Waals surface area contributed by atoms with Crippen molar-refractivity contribution in [3.05, 3.63) is 60.8 Å². The third-order valence-electron chi connectivity index (χ3n) is 15.9. The molecule has 3 heterocycles. The Kier molecular flexibility index (Phi) is 42.0. The van der Waals surface area contributed by atoms with Gasteiger partial charge in [-0.05, 0) is 57.8 Å². The van der Waals surface area contributed by atoms with Crippen LogP contribution in [0.25, 0.3) is 0 Å². The fourth-order valence-electron chi connectivity index (χ4n) is 10.6. The van der Waals surface area contributed by atoms with E-state index in [2.05, 4.69) is 79.9 Å². The summed E-state index contributed by atoms with van der Waals surface area (Å²) in [6.07, 6.45) is 27.2. The number of ether oxygens (including phenoxy) is 6. The van der Waals surface area contributed by atoms with E-state index in [-0.39, 0.29) is 18.9 Å². The SMILES string of the molecule is CC/C=C\C/C=C\C/C=C\C/C=C\C/C=C\CCCCCC(=O)NC(COC1OC(CO)C(OC2OC(CO)C(OC3OC(CO)C(O)C(O)C3O)C(O)C2O)C(O)C1O)C(O)CCCCCCCCCCCCCCCCCCCCC. The lowest BCUT2D eigenvalue weighted by Gasteiger charge is -2.48. The number of aliphatic hydroxyl groups is 11. The van der Waals surface area contributed by atoms with Crippen molar-refractivity contribution in [1.82, 2.24) is 5.32 Å². The van der Waals surface area contributed by atoms with Gasteiger partial charge in [-0.1, -0.05) is 203 Å². The highest BCUT2D eigenvalue weighted by Crippen LogP contribution is 2.33. The monoisotopic (exact) mass is 1180 g/mol. The summed E-state index contributed by atoms with van der Waals surface area (Å²) in [4.78, 5) is 13.4. The van der Waals surface area contributed by atoms with E-state index in [1.807, 2.05) is 0 Å². The predicted molar refractivity (Wildman–Crippen MR) is 318 cm³/mol. The van der Waals surface area contributed by atoms with Crippen LogP contribution in [0.3, 0.4) is 0 Å². The largest absolute Gasteiger partial charge is 0.394 e. The van der Waals surface area contributed by atoms with Crippen molar-refractivity contribution < 1.29 is 89.4 Å². The van der Waals surface area contributed by atoms with Gasteiger partial charge < -0.3 is 89.9 Å². The van der Waals surface area contributed by atoms with Gasteiger partial charge >= 0.3 is 0 Å². The van der Waals surface area contributed by atoms with Gasteiger partial charge in [0, 0.05) is 6.42 Å². The lowest BCUT2D eigenvalue weighted by Crippen LogP contribution is -2.66. The average molecular weight is 1180 g/mol. The van der Waals surface area contributed by atoms with Crippen molar-refractivity contribution in [2.75, 3.05) is 26.4 Å². The Balaban J connectivity index is 1.49. The molecular weight excluding hydrogens is 1070 g/mol. The highest BCUT2D eigenvalue weighted by molar-refractivity contribution is 5.76. The molecule has 17 atom stereocenters. The van der Waals surface area contributed by atoms with Gasteiger partial charge in [0.25, 0.3) is 0 Å². The van der Waals surface area contributed by atoms with Gasteiger partial charge in [0.15, 0.2) is 18.9 Å². The molecule has 0 aliphatic carbocycles. The molecule has 1 amide bonds. The minimum Gasteiger partial charge on any atom is -0.394 e. The van der Waals surface area contributed by atoms with Gasteiger partial charge in [-0.15, -0.1) is 0 Å². The molecule has 0 aromatic carbocycles. The lowest BCUT2D eigenvalue weighted by molar-refractivity contribution is -0.379. The van der Waals surface area contributed by atoms with E-state index in [1.54, 1.807) is 0 Å². The minimum absolute atomic E-state index is 0.225. The van der Waals surface area contributed by atoms with Crippen LogP contribution in [0.5, 0.6) is 0 Å². The number of allylic oxidation sites excluding steroid dienone is 10. The molecule has 0 bridgehead atoms. The summed E-state index contributed by atoms with van der Waals surface area (Å²) in [5, 5.41) is 120. The quantitative estimate of drug-likeness (QED) is 0.0220. The second-order valence-corrected chi connectivity index (χ2v) is 22.8. The molecule has 0 aromatic rings. The Morgan fingerprint density at radius 2 is 0.831 bits per heavy atom. The standard InChI is InChI=1S/C64H113NO18/c1-3-5-7-9-11-13-15-17-19-21-23-25-27-29-31-33-35-37-39-41-48(69)47(65-52(70)42-40-38-36-34-32-30-28-26-24-22-20-18-16-14-12-10-8-6-4-2)46-78-62-58(76)55(73)60(50(44-67)80-62)83-64-59(77)56(74)61(51(45-68)81-64)82-63-57(75)54(72)53(71)49(43-66)79-63/h6,8,12,14,18,20,24,26,30,32,47-51,53-64,66-69,71-77H,3-5,7,9-11,13,15-17,19,21-23,25,27-29,31,33-46H2,1-2H3,(H,65,70)/b8-6-,14-12-,20-18-,26-24-,32-30-. The number of nitrogens with one attached hydrogen (secondary N) is 1. The third-order valence-corrected chi connectivity index (χ3v) is 15.9. The number of carbonyl (C=O) groups is 1. The Morgan fingerprint density at radius 3 is 1.29 bits per heavy atom. The van der Waals surface area contributed by atoms with E-state index < -0.39 is 124 Å². The molecule has 3 fully saturated rings. The van der Waals surface area contributed by atoms with Crippen LogP contribution < -0.4 is 5.32 Å². The van der Waals surface area contributed by atoms with E-state index in [9.17, 15) is 61.0 Å². The van der Waals surface area contributed by atoms with E-state index >= 15 is 0 Å². The Morgan fingerprint density at radius 1 is 0.446 bits per heavy atom. The zero-order chi connectivity index (χ0) is 60.5. The van der Waals surface area contributed by atoms with Crippen LogP contribution in [0.2, 0.25) is 0 Å². The maximum absolute atomic E-state index is 13.4. The summed E-state index contributed by atoms with van der Waals surface area (Å²) in [7, 11) is 0. The molecule has 0 radical (unpaired) electrons. The van der Waals surface area contributed by atoms with Gasteiger partial charge in [-0.3, -0.25) is 4.79 Å². The number of carbonyl (C=O) groups excluding carboxylic acids is 1. The van der Waals surface area contributed by atoms with Gasteiger partial charge in [-0.2, -0.15) is 0 Å². The maximum atomic E-state index is 13.4.